The SMILES string of the molecule is COc1ccc(N2C(=O)c3ccc(Oc4ccc5c(c4)C(=O)N(c4cccc(Oc6ccc(-c7ccc(Oc8cccc(C)c8)cc7)cc6)c4)C5=O)cc3C2=O)cc1.Cc1ccc(Oc2ccc(Oc3ccc(C)cc3)cc2)cc1. The predicted octanol–water partition coefficient (Wildman–Crippen LogP) is 16.5. The maximum absolute atomic E-state index is 13.7. The average molecular weight is 1060 g/mol. The van der Waals surface area contributed by atoms with E-state index in [1.54, 1.807) is 60.7 Å². The maximum atomic E-state index is 13.7. The van der Waals surface area contributed by atoms with Crippen LogP contribution in [0, 0.1) is 20.8 Å². The molecule has 0 N–H and O–H groups in total. The van der Waals surface area contributed by atoms with Crippen molar-refractivity contribution in [3.63, 3.8) is 0 Å². The minimum Gasteiger partial charge on any atom is -0.497 e. The molecule has 12 nitrogen and oxygen atoms in total. The summed E-state index contributed by atoms with van der Waals surface area (Å²) in [5, 5.41) is 0. The molecular weight excluding hydrogens is 1000 g/mol. The van der Waals surface area contributed by atoms with E-state index < -0.39 is 23.6 Å². The van der Waals surface area contributed by atoms with Gasteiger partial charge in [0.2, 0.25) is 0 Å². The Morgan fingerprint density at radius 3 is 1.02 bits per heavy atom. The van der Waals surface area contributed by atoms with Crippen molar-refractivity contribution in [3.8, 4) is 74.4 Å². The zero-order chi connectivity index (χ0) is 55.3. The normalized spacial score (nSPS) is 12.3. The van der Waals surface area contributed by atoms with Crippen LogP contribution in [-0.4, -0.2) is 30.7 Å². The summed E-state index contributed by atoms with van der Waals surface area (Å²) in [4.78, 5) is 56.0. The molecule has 0 aliphatic carbocycles. The number of benzene rings is 10. The first-order valence-corrected chi connectivity index (χ1v) is 25.6. The van der Waals surface area contributed by atoms with Crippen LogP contribution in [-0.2, 0) is 0 Å². The average Bonchev–Trinajstić information content (AvgIpc) is 4.01. The number of ether oxygens (including phenoxy) is 6. The molecule has 2 heterocycles. The van der Waals surface area contributed by atoms with Gasteiger partial charge in [-0.05, 0) is 195 Å². The number of methoxy groups -OCH3 is 1. The Hall–Kier alpha value is -10.7. The first-order chi connectivity index (χ1) is 38.9. The Morgan fingerprint density at radius 1 is 0.263 bits per heavy atom. The molecule has 392 valence electrons. The summed E-state index contributed by atoms with van der Waals surface area (Å²) >= 11 is 0. The van der Waals surface area contributed by atoms with Crippen LogP contribution in [0.15, 0.2) is 231 Å². The van der Waals surface area contributed by atoms with Gasteiger partial charge in [-0.1, -0.05) is 77.9 Å². The molecule has 4 amide bonds. The molecule has 2 aliphatic rings. The molecule has 10 aromatic rings. The van der Waals surface area contributed by atoms with Gasteiger partial charge in [-0.25, -0.2) is 9.80 Å². The first kappa shape index (κ1) is 51.4. The van der Waals surface area contributed by atoms with Gasteiger partial charge in [-0.2, -0.15) is 0 Å². The van der Waals surface area contributed by atoms with Crippen LogP contribution in [0.4, 0.5) is 11.4 Å². The summed E-state index contributed by atoms with van der Waals surface area (Å²) in [6.45, 7) is 6.14. The molecule has 0 fully saturated rings. The number of hydrogen-bond acceptors (Lipinski definition) is 10. The lowest BCUT2D eigenvalue weighted by Crippen LogP contribution is -2.29. The smallest absolute Gasteiger partial charge is 0.266 e. The molecule has 0 radical (unpaired) electrons. The lowest BCUT2D eigenvalue weighted by molar-refractivity contribution is 0.0910. The number of carbonyl (C=O) groups excluding carboxylic acids is 4. The molecule has 0 unspecified atom stereocenters. The zero-order valence-electron chi connectivity index (χ0n) is 43.9. The van der Waals surface area contributed by atoms with E-state index in [0.29, 0.717) is 28.6 Å². The van der Waals surface area contributed by atoms with Crippen LogP contribution in [0.5, 0.6) is 63.2 Å². The second-order valence-corrected chi connectivity index (χ2v) is 19.0. The summed E-state index contributed by atoms with van der Waals surface area (Å²) in [5.74, 6) is 5.01. The van der Waals surface area contributed by atoms with Crippen LogP contribution in [0.25, 0.3) is 11.1 Å². The van der Waals surface area contributed by atoms with Gasteiger partial charge in [-0.3, -0.25) is 19.2 Å². The molecule has 0 saturated carbocycles. The number of fused-ring (bicyclic) bond motifs is 2. The van der Waals surface area contributed by atoms with Gasteiger partial charge in [0.25, 0.3) is 23.6 Å². The van der Waals surface area contributed by atoms with E-state index in [4.69, 9.17) is 28.4 Å². The monoisotopic (exact) mass is 1050 g/mol. The highest BCUT2D eigenvalue weighted by Crippen LogP contribution is 2.38. The fraction of sp³-hybridized carbons (Fsp3) is 0.0588. The summed E-state index contributed by atoms with van der Waals surface area (Å²) in [5.41, 5.74) is 7.14. The van der Waals surface area contributed by atoms with E-state index in [9.17, 15) is 19.2 Å². The fourth-order valence-electron chi connectivity index (χ4n) is 9.03. The van der Waals surface area contributed by atoms with Crippen molar-refractivity contribution >= 4 is 35.0 Å². The van der Waals surface area contributed by atoms with Gasteiger partial charge >= 0.3 is 0 Å². The van der Waals surface area contributed by atoms with Crippen LogP contribution in [0.2, 0.25) is 0 Å². The summed E-state index contributed by atoms with van der Waals surface area (Å²) < 4.78 is 35.0. The van der Waals surface area contributed by atoms with E-state index >= 15 is 0 Å². The number of rotatable bonds is 14. The van der Waals surface area contributed by atoms with Crippen LogP contribution >= 0.6 is 0 Å². The topological polar surface area (TPSA) is 130 Å². The van der Waals surface area contributed by atoms with Crippen LogP contribution < -0.4 is 38.2 Å². The minimum atomic E-state index is -0.521. The van der Waals surface area contributed by atoms with Gasteiger partial charge in [-0.15, -0.1) is 0 Å². The Morgan fingerprint density at radius 2 is 0.588 bits per heavy atom. The Kier molecular flexibility index (Phi) is 14.4. The molecule has 80 heavy (non-hydrogen) atoms. The van der Waals surface area contributed by atoms with E-state index in [1.807, 2.05) is 153 Å². The largest absolute Gasteiger partial charge is 0.497 e. The van der Waals surface area contributed by atoms with Gasteiger partial charge in [0.05, 0.1) is 40.7 Å². The Balaban J connectivity index is 0.000000256. The molecule has 10 aromatic carbocycles. The highest BCUT2D eigenvalue weighted by Gasteiger charge is 2.39. The molecule has 0 aromatic heterocycles. The maximum Gasteiger partial charge on any atom is 0.266 e. The van der Waals surface area contributed by atoms with E-state index in [0.717, 1.165) is 61.0 Å². The molecule has 12 rings (SSSR count). The molecule has 0 bridgehead atoms. The van der Waals surface area contributed by atoms with Crippen molar-refractivity contribution in [2.75, 3.05) is 16.9 Å². The van der Waals surface area contributed by atoms with Gasteiger partial charge in [0, 0.05) is 6.07 Å². The number of anilines is 2. The molecule has 0 spiro atoms. The highest BCUT2D eigenvalue weighted by atomic mass is 16.5. The van der Waals surface area contributed by atoms with E-state index in [-0.39, 0.29) is 33.8 Å². The third kappa shape index (κ3) is 11.4. The summed E-state index contributed by atoms with van der Waals surface area (Å²) in [6.07, 6.45) is 0. The molecule has 12 heteroatoms. The van der Waals surface area contributed by atoms with Gasteiger partial charge in [0.15, 0.2) is 0 Å². The number of imide groups is 2. The van der Waals surface area contributed by atoms with Gasteiger partial charge < -0.3 is 28.4 Å². The third-order valence-corrected chi connectivity index (χ3v) is 13.2. The fourth-order valence-corrected chi connectivity index (χ4v) is 9.03. The number of aryl methyl sites for hydroxylation is 3. The van der Waals surface area contributed by atoms with Crippen molar-refractivity contribution in [3.05, 3.63) is 269 Å². The van der Waals surface area contributed by atoms with Crippen LogP contribution in [0.3, 0.4) is 0 Å². The number of amides is 4. The van der Waals surface area contributed by atoms with Gasteiger partial charge in [0.1, 0.15) is 63.2 Å². The lowest BCUT2D eigenvalue weighted by atomic mass is 10.1. The second kappa shape index (κ2) is 22.5. The summed E-state index contributed by atoms with van der Waals surface area (Å²) in [7, 11) is 1.53. The van der Waals surface area contributed by atoms with Crippen LogP contribution in [0.1, 0.15) is 58.1 Å². The molecular formula is C68H50N2O10. The first-order valence-electron chi connectivity index (χ1n) is 25.6. The van der Waals surface area contributed by atoms with Crippen molar-refractivity contribution in [1.29, 1.82) is 0 Å². The summed E-state index contributed by atoms with van der Waals surface area (Å²) in [6, 6.07) is 69.6. The van der Waals surface area contributed by atoms with Crippen molar-refractivity contribution in [1.82, 2.24) is 0 Å². The van der Waals surface area contributed by atoms with E-state index in [2.05, 4.69) is 13.8 Å². The van der Waals surface area contributed by atoms with Crippen molar-refractivity contribution in [2.24, 2.45) is 0 Å². The number of nitrogens with zero attached hydrogens (tertiary/aromatic N) is 2. The molecule has 0 atom stereocenters. The van der Waals surface area contributed by atoms with E-state index in [1.165, 1.54) is 42.5 Å². The van der Waals surface area contributed by atoms with Crippen molar-refractivity contribution in [2.45, 2.75) is 20.8 Å². The zero-order valence-corrected chi connectivity index (χ0v) is 43.9. The Labute approximate surface area is 462 Å². The molecule has 2 aliphatic heterocycles. The number of hydrogen-bond donors (Lipinski definition) is 0. The lowest BCUT2D eigenvalue weighted by Gasteiger charge is -2.15. The standard InChI is InChI=1S/C48H32N2O8.C20H18O2/c1-29-5-3-7-37(25-29)56-35-15-9-30(10-16-35)31-11-17-36(18-12-31)57-38-8-4-6-33(26-38)50-46(52)42-24-22-40(28-44(42)48(50)54)58-39-21-23-41-43(27-39)47(53)49(45(41)51)32-13-19-34(55-2)20-14-32;1-15-3-7-17(8-4-15)21-19-11-13-20(14-12-19)22-18-9-5-16(2)6-10-18/h3-28H,1-2H3;3-14H,1-2H3. The second-order valence-electron chi connectivity index (χ2n) is 19.0. The predicted molar refractivity (Wildman–Crippen MR) is 307 cm³/mol. The highest BCUT2D eigenvalue weighted by molar-refractivity contribution is 6.35. The Bertz CT molecular complexity index is 3870. The third-order valence-electron chi connectivity index (χ3n) is 13.2. The molecule has 0 saturated heterocycles. The minimum absolute atomic E-state index is 0.164. The van der Waals surface area contributed by atoms with Crippen molar-refractivity contribution < 1.29 is 47.6 Å². The number of carbonyl (C=O) groups is 4. The quantitative estimate of drug-likeness (QED) is 0.0970.